The second-order valence-electron chi connectivity index (χ2n) is 5.17. The van der Waals surface area contributed by atoms with Crippen molar-refractivity contribution in [3.8, 4) is 11.1 Å². The summed E-state index contributed by atoms with van der Waals surface area (Å²) in [6.45, 7) is 3.68. The summed E-state index contributed by atoms with van der Waals surface area (Å²) >= 11 is 0. The van der Waals surface area contributed by atoms with Gasteiger partial charge in [-0.15, -0.1) is 0 Å². The smallest absolute Gasteiger partial charge is 0.338 e. The molecule has 3 heterocycles. The van der Waals surface area contributed by atoms with Crippen LogP contribution in [0.2, 0.25) is 0 Å². The molecular formula is C17H16N2O2. The van der Waals surface area contributed by atoms with Gasteiger partial charge < -0.3 is 9.14 Å². The zero-order valence-electron chi connectivity index (χ0n) is 12.0. The van der Waals surface area contributed by atoms with Crippen LogP contribution in [0.15, 0.2) is 55.1 Å². The van der Waals surface area contributed by atoms with Crippen molar-refractivity contribution in [2.45, 2.75) is 20.0 Å². The zero-order valence-corrected chi connectivity index (χ0v) is 12.0. The predicted octanol–water partition coefficient (Wildman–Crippen LogP) is 3.57. The number of carbonyl (C=O) groups is 1. The summed E-state index contributed by atoms with van der Waals surface area (Å²) in [5.74, 6) is -0.295. The number of carbonyl (C=O) groups excluding carboxylic acids is 1. The van der Waals surface area contributed by atoms with E-state index in [4.69, 9.17) is 4.74 Å². The lowest BCUT2D eigenvalue weighted by molar-refractivity contribution is 0.0378. The van der Waals surface area contributed by atoms with Crippen molar-refractivity contribution in [3.05, 3.63) is 60.7 Å². The van der Waals surface area contributed by atoms with Crippen molar-refractivity contribution in [2.75, 3.05) is 0 Å². The van der Waals surface area contributed by atoms with Gasteiger partial charge in [0.15, 0.2) is 0 Å². The highest BCUT2D eigenvalue weighted by Gasteiger charge is 2.10. The van der Waals surface area contributed by atoms with E-state index in [-0.39, 0.29) is 12.1 Å². The van der Waals surface area contributed by atoms with E-state index in [1.165, 1.54) is 0 Å². The largest absolute Gasteiger partial charge is 0.459 e. The number of ether oxygens (including phenoxy) is 1. The fourth-order valence-electron chi connectivity index (χ4n) is 2.21. The summed E-state index contributed by atoms with van der Waals surface area (Å²) in [4.78, 5) is 16.1. The third kappa shape index (κ3) is 2.79. The molecule has 0 amide bonds. The van der Waals surface area contributed by atoms with E-state index in [2.05, 4.69) is 4.98 Å². The van der Waals surface area contributed by atoms with E-state index in [9.17, 15) is 4.79 Å². The Kier molecular flexibility index (Phi) is 3.44. The maximum absolute atomic E-state index is 11.9. The lowest BCUT2D eigenvalue weighted by Gasteiger charge is -2.07. The van der Waals surface area contributed by atoms with Crippen molar-refractivity contribution in [1.82, 2.24) is 9.38 Å². The van der Waals surface area contributed by atoms with E-state index in [1.807, 2.05) is 61.1 Å². The summed E-state index contributed by atoms with van der Waals surface area (Å²) in [5.41, 5.74) is 3.63. The molecule has 0 spiro atoms. The van der Waals surface area contributed by atoms with E-state index >= 15 is 0 Å². The minimum atomic E-state index is -0.295. The molecule has 0 aliphatic rings. The van der Waals surface area contributed by atoms with Crippen LogP contribution in [0.25, 0.3) is 16.6 Å². The molecule has 3 aromatic rings. The van der Waals surface area contributed by atoms with Crippen LogP contribution >= 0.6 is 0 Å². The first-order chi connectivity index (χ1) is 10.1. The van der Waals surface area contributed by atoms with Crippen molar-refractivity contribution < 1.29 is 9.53 Å². The molecule has 21 heavy (non-hydrogen) atoms. The first kappa shape index (κ1) is 13.4. The lowest BCUT2D eigenvalue weighted by atomic mass is 10.1. The third-order valence-electron chi connectivity index (χ3n) is 3.17. The Morgan fingerprint density at radius 1 is 1.24 bits per heavy atom. The number of hydrogen-bond acceptors (Lipinski definition) is 3. The van der Waals surface area contributed by atoms with Crippen LogP contribution in [-0.2, 0) is 4.74 Å². The second-order valence-corrected chi connectivity index (χ2v) is 5.17. The number of nitrogens with zero attached hydrogens (tertiary/aromatic N) is 2. The minimum absolute atomic E-state index is 0.119. The summed E-state index contributed by atoms with van der Waals surface area (Å²) in [6.07, 6.45) is 7.34. The van der Waals surface area contributed by atoms with Crippen molar-refractivity contribution >= 4 is 11.5 Å². The van der Waals surface area contributed by atoms with Gasteiger partial charge in [-0.1, -0.05) is 6.07 Å². The van der Waals surface area contributed by atoms with Crippen molar-refractivity contribution in [1.29, 1.82) is 0 Å². The van der Waals surface area contributed by atoms with Crippen LogP contribution in [0.4, 0.5) is 0 Å². The van der Waals surface area contributed by atoms with E-state index in [0.29, 0.717) is 5.56 Å². The van der Waals surface area contributed by atoms with Crippen molar-refractivity contribution in [3.63, 3.8) is 0 Å². The highest BCUT2D eigenvalue weighted by Crippen LogP contribution is 2.22. The summed E-state index contributed by atoms with van der Waals surface area (Å²) in [6, 6.07) is 9.55. The molecule has 0 fully saturated rings. The Bertz CT molecular complexity index is 776. The maximum Gasteiger partial charge on any atom is 0.338 e. The quantitative estimate of drug-likeness (QED) is 0.689. The Balaban J connectivity index is 1.97. The van der Waals surface area contributed by atoms with E-state index < -0.39 is 0 Å². The van der Waals surface area contributed by atoms with Crippen molar-refractivity contribution in [2.24, 2.45) is 0 Å². The highest BCUT2D eigenvalue weighted by atomic mass is 16.5. The molecule has 0 N–H and O–H groups in total. The Labute approximate surface area is 123 Å². The predicted molar refractivity (Wildman–Crippen MR) is 81.2 cm³/mol. The monoisotopic (exact) mass is 280 g/mol. The van der Waals surface area contributed by atoms with Crippen LogP contribution in [0.1, 0.15) is 24.2 Å². The molecule has 106 valence electrons. The summed E-state index contributed by atoms with van der Waals surface area (Å²) < 4.78 is 7.20. The Morgan fingerprint density at radius 3 is 2.81 bits per heavy atom. The molecule has 0 radical (unpaired) electrons. The molecule has 4 heteroatoms. The van der Waals surface area contributed by atoms with Crippen LogP contribution < -0.4 is 0 Å². The Morgan fingerprint density at radius 2 is 2.10 bits per heavy atom. The van der Waals surface area contributed by atoms with Gasteiger partial charge in [0.1, 0.15) is 0 Å². The van der Waals surface area contributed by atoms with Crippen LogP contribution in [0, 0.1) is 0 Å². The molecule has 0 saturated heterocycles. The minimum Gasteiger partial charge on any atom is -0.459 e. The molecule has 0 aromatic carbocycles. The Hall–Kier alpha value is -2.62. The topological polar surface area (TPSA) is 43.6 Å². The molecule has 0 aliphatic carbocycles. The molecule has 3 aromatic heterocycles. The van der Waals surface area contributed by atoms with Gasteiger partial charge in [-0.05, 0) is 38.1 Å². The van der Waals surface area contributed by atoms with E-state index in [0.717, 1.165) is 16.6 Å². The zero-order chi connectivity index (χ0) is 14.8. The normalized spacial score (nSPS) is 11.0. The number of aromatic nitrogens is 2. The van der Waals surface area contributed by atoms with Gasteiger partial charge in [0.2, 0.25) is 0 Å². The molecule has 0 atom stereocenters. The molecule has 0 saturated carbocycles. The van der Waals surface area contributed by atoms with Gasteiger partial charge in [-0.25, -0.2) is 4.79 Å². The fourth-order valence-corrected chi connectivity index (χ4v) is 2.21. The second kappa shape index (κ2) is 5.40. The molecule has 0 aliphatic heterocycles. The standard InChI is InChI=1S/C17H16N2O2/c1-12(2)21-17(20)13-5-7-19-11-15(9-16(19)8-13)14-4-3-6-18-10-14/h3-12H,1-2H3. The molecule has 0 bridgehead atoms. The van der Waals surface area contributed by atoms with Gasteiger partial charge in [-0.2, -0.15) is 0 Å². The van der Waals surface area contributed by atoms with Gasteiger partial charge >= 0.3 is 5.97 Å². The maximum atomic E-state index is 11.9. The summed E-state index contributed by atoms with van der Waals surface area (Å²) in [5, 5.41) is 0. The number of rotatable bonds is 3. The van der Waals surface area contributed by atoms with Crippen LogP contribution in [-0.4, -0.2) is 21.5 Å². The molecule has 4 nitrogen and oxygen atoms in total. The van der Waals surface area contributed by atoms with Gasteiger partial charge in [0.05, 0.1) is 11.7 Å². The van der Waals surface area contributed by atoms with Crippen LogP contribution in [0.3, 0.4) is 0 Å². The first-order valence-corrected chi connectivity index (χ1v) is 6.86. The first-order valence-electron chi connectivity index (χ1n) is 6.86. The van der Waals surface area contributed by atoms with Crippen LogP contribution in [0.5, 0.6) is 0 Å². The number of esters is 1. The molecule has 0 unspecified atom stereocenters. The van der Waals surface area contributed by atoms with Gasteiger partial charge in [0.25, 0.3) is 0 Å². The average Bonchev–Trinajstić information content (AvgIpc) is 2.90. The van der Waals surface area contributed by atoms with Gasteiger partial charge in [-0.3, -0.25) is 4.98 Å². The third-order valence-corrected chi connectivity index (χ3v) is 3.17. The number of fused-ring (bicyclic) bond motifs is 1. The SMILES string of the molecule is CC(C)OC(=O)c1ccn2cc(-c3cccnc3)cc2c1. The number of pyridine rings is 2. The molecular weight excluding hydrogens is 264 g/mol. The number of hydrogen-bond donors (Lipinski definition) is 0. The summed E-state index contributed by atoms with van der Waals surface area (Å²) in [7, 11) is 0. The average molecular weight is 280 g/mol. The highest BCUT2D eigenvalue weighted by molar-refractivity contribution is 5.91. The lowest BCUT2D eigenvalue weighted by Crippen LogP contribution is -2.11. The van der Waals surface area contributed by atoms with E-state index in [1.54, 1.807) is 12.3 Å². The fraction of sp³-hybridized carbons (Fsp3) is 0.176. The molecule has 3 rings (SSSR count). The van der Waals surface area contributed by atoms with Gasteiger partial charge in [0, 0.05) is 41.4 Å².